The first-order valence-electron chi connectivity index (χ1n) is 11.3. The molecule has 3 rings (SSSR count). The highest BCUT2D eigenvalue weighted by Crippen LogP contribution is 2.30. The second-order valence-electron chi connectivity index (χ2n) is 9.99. The number of benzene rings is 1. The van der Waals surface area contributed by atoms with Gasteiger partial charge in [-0.15, -0.1) is 0 Å². The maximum absolute atomic E-state index is 12.6. The second-order valence-corrected chi connectivity index (χ2v) is 10.4. The van der Waals surface area contributed by atoms with Crippen molar-refractivity contribution in [1.82, 2.24) is 10.2 Å². The number of nitrogens with zero attached hydrogens (tertiary/aromatic N) is 1. The Morgan fingerprint density at radius 2 is 1.77 bits per heavy atom. The first kappa shape index (κ1) is 23.1. The molecule has 1 aromatic rings. The fourth-order valence-electron chi connectivity index (χ4n) is 4.60. The minimum Gasteiger partial charge on any atom is -0.350 e. The SMILES string of the molecule is CC(C)(C)NC(=O)CN1CCC(Cc2cc(Cl)ccc2NC(=O)C2CCCC2)CC1. The predicted molar refractivity (Wildman–Crippen MR) is 123 cm³/mol. The van der Waals surface area contributed by atoms with Crippen LogP contribution in [0.1, 0.15) is 64.9 Å². The molecule has 1 aromatic carbocycles. The minimum absolute atomic E-state index is 0.0905. The van der Waals surface area contributed by atoms with Crippen LogP contribution < -0.4 is 10.6 Å². The van der Waals surface area contributed by atoms with Gasteiger partial charge in [0.1, 0.15) is 0 Å². The highest BCUT2D eigenvalue weighted by molar-refractivity contribution is 6.30. The van der Waals surface area contributed by atoms with E-state index in [9.17, 15) is 9.59 Å². The van der Waals surface area contributed by atoms with E-state index in [2.05, 4.69) is 15.5 Å². The van der Waals surface area contributed by atoms with E-state index < -0.39 is 0 Å². The van der Waals surface area contributed by atoms with Gasteiger partial charge in [0.15, 0.2) is 0 Å². The third-order valence-electron chi connectivity index (χ3n) is 6.15. The van der Waals surface area contributed by atoms with E-state index in [1.165, 1.54) is 0 Å². The fourth-order valence-corrected chi connectivity index (χ4v) is 4.79. The lowest BCUT2D eigenvalue weighted by atomic mass is 9.89. The molecule has 1 aliphatic carbocycles. The van der Waals surface area contributed by atoms with Crippen molar-refractivity contribution in [3.8, 4) is 0 Å². The molecule has 0 radical (unpaired) electrons. The average molecular weight is 434 g/mol. The number of anilines is 1. The van der Waals surface area contributed by atoms with Crippen LogP contribution in [0.3, 0.4) is 0 Å². The molecule has 0 aromatic heterocycles. The van der Waals surface area contributed by atoms with Crippen LogP contribution in [0.5, 0.6) is 0 Å². The number of amides is 2. The molecule has 0 unspecified atom stereocenters. The summed E-state index contributed by atoms with van der Waals surface area (Å²) in [6.45, 7) is 8.32. The predicted octanol–water partition coefficient (Wildman–Crippen LogP) is 4.64. The number of rotatable bonds is 6. The molecule has 0 atom stereocenters. The minimum atomic E-state index is -0.193. The molecule has 2 amide bonds. The average Bonchev–Trinajstić information content (AvgIpc) is 3.19. The van der Waals surface area contributed by atoms with Crippen LogP contribution in [0.25, 0.3) is 0 Å². The van der Waals surface area contributed by atoms with Crippen molar-refractivity contribution in [2.45, 2.75) is 71.3 Å². The Kier molecular flexibility index (Phi) is 7.81. The van der Waals surface area contributed by atoms with Crippen LogP contribution in [-0.2, 0) is 16.0 Å². The summed E-state index contributed by atoms with van der Waals surface area (Å²) in [5.41, 5.74) is 1.84. The molecule has 30 heavy (non-hydrogen) atoms. The topological polar surface area (TPSA) is 61.4 Å². The van der Waals surface area contributed by atoms with E-state index in [1.807, 2.05) is 39.0 Å². The number of halogens is 1. The third kappa shape index (κ3) is 6.98. The fraction of sp³-hybridized carbons (Fsp3) is 0.667. The van der Waals surface area contributed by atoms with E-state index in [4.69, 9.17) is 11.6 Å². The van der Waals surface area contributed by atoms with Gasteiger partial charge in [0.25, 0.3) is 0 Å². The molecule has 2 aliphatic rings. The zero-order valence-electron chi connectivity index (χ0n) is 18.6. The molecule has 1 saturated heterocycles. The van der Waals surface area contributed by atoms with Gasteiger partial charge in [-0.3, -0.25) is 14.5 Å². The highest BCUT2D eigenvalue weighted by atomic mass is 35.5. The monoisotopic (exact) mass is 433 g/mol. The summed E-state index contributed by atoms with van der Waals surface area (Å²) in [5, 5.41) is 6.91. The van der Waals surface area contributed by atoms with Crippen LogP contribution in [0.2, 0.25) is 5.02 Å². The van der Waals surface area contributed by atoms with Crippen molar-refractivity contribution >= 4 is 29.1 Å². The van der Waals surface area contributed by atoms with Crippen molar-refractivity contribution in [3.05, 3.63) is 28.8 Å². The molecule has 5 nitrogen and oxygen atoms in total. The van der Waals surface area contributed by atoms with Crippen molar-refractivity contribution in [1.29, 1.82) is 0 Å². The van der Waals surface area contributed by atoms with E-state index in [1.54, 1.807) is 0 Å². The molecule has 2 N–H and O–H groups in total. The van der Waals surface area contributed by atoms with Gasteiger partial charge in [0, 0.05) is 22.2 Å². The lowest BCUT2D eigenvalue weighted by Gasteiger charge is -2.32. The molecule has 166 valence electrons. The van der Waals surface area contributed by atoms with Crippen molar-refractivity contribution < 1.29 is 9.59 Å². The normalized spacial score (nSPS) is 19.1. The Morgan fingerprint density at radius 1 is 1.10 bits per heavy atom. The summed E-state index contributed by atoms with van der Waals surface area (Å²) in [5.74, 6) is 0.923. The van der Waals surface area contributed by atoms with Gasteiger partial charge in [-0.25, -0.2) is 0 Å². The smallest absolute Gasteiger partial charge is 0.234 e. The molecule has 1 saturated carbocycles. The van der Waals surface area contributed by atoms with Crippen molar-refractivity contribution in [2.75, 3.05) is 25.0 Å². The van der Waals surface area contributed by atoms with E-state index in [0.29, 0.717) is 17.5 Å². The van der Waals surface area contributed by atoms with Gasteiger partial charge in [-0.05, 0) is 95.6 Å². The summed E-state index contributed by atoms with van der Waals surface area (Å²) in [6, 6.07) is 5.79. The Hall–Kier alpha value is -1.59. The summed E-state index contributed by atoms with van der Waals surface area (Å²) in [6.07, 6.45) is 7.29. The number of carbonyl (C=O) groups excluding carboxylic acids is 2. The van der Waals surface area contributed by atoms with Gasteiger partial charge in [-0.2, -0.15) is 0 Å². The molecule has 1 heterocycles. The van der Waals surface area contributed by atoms with E-state index in [-0.39, 0.29) is 23.3 Å². The first-order chi connectivity index (χ1) is 14.2. The number of nitrogens with one attached hydrogen (secondary N) is 2. The zero-order valence-corrected chi connectivity index (χ0v) is 19.4. The first-order valence-corrected chi connectivity index (χ1v) is 11.7. The lowest BCUT2D eigenvalue weighted by Crippen LogP contribution is -2.47. The molecule has 1 aliphatic heterocycles. The van der Waals surface area contributed by atoms with Gasteiger partial charge >= 0.3 is 0 Å². The Labute approximate surface area is 185 Å². The number of hydrogen-bond acceptors (Lipinski definition) is 3. The standard InChI is InChI=1S/C24H36ClN3O2/c1-24(2,3)27-22(29)16-28-12-10-17(11-13-28)14-19-15-20(25)8-9-21(19)26-23(30)18-6-4-5-7-18/h8-9,15,17-18H,4-7,10-14,16H2,1-3H3,(H,26,30)(H,27,29). The third-order valence-corrected chi connectivity index (χ3v) is 6.38. The van der Waals surface area contributed by atoms with E-state index in [0.717, 1.165) is 69.3 Å². The summed E-state index contributed by atoms with van der Waals surface area (Å²) in [4.78, 5) is 27.0. The molecular weight excluding hydrogens is 398 g/mol. The second kappa shape index (κ2) is 10.1. The Bertz CT molecular complexity index is 745. The summed E-state index contributed by atoms with van der Waals surface area (Å²) >= 11 is 6.27. The maximum Gasteiger partial charge on any atom is 0.234 e. The Morgan fingerprint density at radius 3 is 2.40 bits per heavy atom. The van der Waals surface area contributed by atoms with Gasteiger partial charge < -0.3 is 10.6 Å². The zero-order chi connectivity index (χ0) is 21.7. The van der Waals surface area contributed by atoms with Crippen molar-refractivity contribution in [2.24, 2.45) is 11.8 Å². The molecule has 0 spiro atoms. The largest absolute Gasteiger partial charge is 0.350 e. The molecule has 2 fully saturated rings. The number of likely N-dealkylation sites (tertiary alicyclic amines) is 1. The Balaban J connectivity index is 1.53. The van der Waals surface area contributed by atoms with Gasteiger partial charge in [-0.1, -0.05) is 24.4 Å². The summed E-state index contributed by atoms with van der Waals surface area (Å²) < 4.78 is 0. The summed E-state index contributed by atoms with van der Waals surface area (Å²) in [7, 11) is 0. The quantitative estimate of drug-likeness (QED) is 0.687. The van der Waals surface area contributed by atoms with Crippen LogP contribution in [0, 0.1) is 11.8 Å². The van der Waals surface area contributed by atoms with Crippen LogP contribution in [0.4, 0.5) is 5.69 Å². The lowest BCUT2D eigenvalue weighted by molar-refractivity contribution is -0.124. The number of carbonyl (C=O) groups is 2. The van der Waals surface area contributed by atoms with Crippen LogP contribution in [-0.4, -0.2) is 41.9 Å². The molecule has 0 bridgehead atoms. The van der Waals surface area contributed by atoms with Crippen LogP contribution in [0.15, 0.2) is 18.2 Å². The maximum atomic E-state index is 12.6. The van der Waals surface area contributed by atoms with Gasteiger partial charge in [0.05, 0.1) is 6.54 Å². The molecule has 6 heteroatoms. The molecular formula is C24H36ClN3O2. The van der Waals surface area contributed by atoms with E-state index >= 15 is 0 Å². The highest BCUT2D eigenvalue weighted by Gasteiger charge is 2.25. The number of piperidine rings is 1. The van der Waals surface area contributed by atoms with Gasteiger partial charge in [0.2, 0.25) is 11.8 Å². The number of hydrogen-bond donors (Lipinski definition) is 2. The van der Waals surface area contributed by atoms with Crippen LogP contribution >= 0.6 is 11.6 Å². The van der Waals surface area contributed by atoms with Crippen molar-refractivity contribution in [3.63, 3.8) is 0 Å².